The van der Waals surface area contributed by atoms with Gasteiger partial charge in [-0.3, -0.25) is 9.79 Å². The van der Waals surface area contributed by atoms with Crippen molar-refractivity contribution in [3.63, 3.8) is 0 Å². The molecule has 1 saturated carbocycles. The maximum atomic E-state index is 12.2. The number of amides is 1. The minimum atomic E-state index is -0.284. The number of piperidine rings is 1. The largest absolute Gasteiger partial charge is 0.507 e. The van der Waals surface area contributed by atoms with Crippen molar-refractivity contribution in [3.05, 3.63) is 29.8 Å². The second-order valence-corrected chi connectivity index (χ2v) is 8.18. The zero-order valence-electron chi connectivity index (χ0n) is 18.1. The summed E-state index contributed by atoms with van der Waals surface area (Å²) in [6.45, 7) is 6.57. The van der Waals surface area contributed by atoms with Crippen molar-refractivity contribution < 1.29 is 14.6 Å². The Balaban J connectivity index is 1.40. The standard InChI is InChI=1S/C23H36N4O3/c1-2-24-23(26-14-13-25-22(29)20-9-5-6-10-21(20)28)27-15-11-19(12-16-27)30-17-18-7-3-4-8-18/h5-6,9-10,18-19,28H,2-4,7-8,11-17H2,1H3,(H,24,26)(H,25,29). The molecule has 1 aliphatic carbocycles. The Labute approximate surface area is 179 Å². The first kappa shape index (κ1) is 22.4. The molecule has 1 aliphatic heterocycles. The van der Waals surface area contributed by atoms with Crippen molar-refractivity contribution in [2.24, 2.45) is 10.9 Å². The van der Waals surface area contributed by atoms with Gasteiger partial charge in [-0.05, 0) is 50.7 Å². The molecule has 1 aromatic carbocycles. The van der Waals surface area contributed by atoms with Gasteiger partial charge in [0.25, 0.3) is 5.91 Å². The lowest BCUT2D eigenvalue weighted by Crippen LogP contribution is -2.47. The van der Waals surface area contributed by atoms with Gasteiger partial charge in [-0.1, -0.05) is 25.0 Å². The summed E-state index contributed by atoms with van der Waals surface area (Å²) in [4.78, 5) is 19.1. The summed E-state index contributed by atoms with van der Waals surface area (Å²) in [6.07, 6.45) is 7.81. The van der Waals surface area contributed by atoms with Crippen molar-refractivity contribution in [2.75, 3.05) is 39.3 Å². The van der Waals surface area contributed by atoms with E-state index in [0.29, 0.717) is 19.2 Å². The minimum Gasteiger partial charge on any atom is -0.507 e. The Bertz CT molecular complexity index is 695. The molecule has 0 spiro atoms. The molecular weight excluding hydrogens is 380 g/mol. The molecule has 7 heteroatoms. The Hall–Kier alpha value is -2.28. The third-order valence-corrected chi connectivity index (χ3v) is 5.93. The first-order valence-electron chi connectivity index (χ1n) is 11.4. The van der Waals surface area contributed by atoms with Crippen LogP contribution in [0.3, 0.4) is 0 Å². The summed E-state index contributed by atoms with van der Waals surface area (Å²) in [5, 5.41) is 15.9. The fourth-order valence-corrected chi connectivity index (χ4v) is 4.20. The number of hydrogen-bond acceptors (Lipinski definition) is 4. The summed E-state index contributed by atoms with van der Waals surface area (Å²) >= 11 is 0. The molecule has 2 fully saturated rings. The number of phenolic OH excluding ortho intramolecular Hbond substituents is 1. The maximum absolute atomic E-state index is 12.2. The summed E-state index contributed by atoms with van der Waals surface area (Å²) in [5.74, 6) is 1.37. The molecule has 0 atom stereocenters. The summed E-state index contributed by atoms with van der Waals surface area (Å²) < 4.78 is 6.18. The first-order valence-corrected chi connectivity index (χ1v) is 11.4. The molecule has 0 radical (unpaired) electrons. The third-order valence-electron chi connectivity index (χ3n) is 5.93. The number of aliphatic imine (C=N–C) groups is 1. The fraction of sp³-hybridized carbons (Fsp3) is 0.652. The van der Waals surface area contributed by atoms with Crippen LogP contribution in [0.4, 0.5) is 0 Å². The number of likely N-dealkylation sites (tertiary alicyclic amines) is 1. The molecule has 30 heavy (non-hydrogen) atoms. The number of ether oxygens (including phenoxy) is 1. The van der Waals surface area contributed by atoms with Gasteiger partial charge in [0.15, 0.2) is 5.96 Å². The molecule has 0 bridgehead atoms. The highest BCUT2D eigenvalue weighted by atomic mass is 16.5. The average Bonchev–Trinajstić information content (AvgIpc) is 3.29. The summed E-state index contributed by atoms with van der Waals surface area (Å²) in [6, 6.07) is 6.55. The topological polar surface area (TPSA) is 86.2 Å². The van der Waals surface area contributed by atoms with Crippen LogP contribution in [0.2, 0.25) is 0 Å². The number of hydrogen-bond donors (Lipinski definition) is 3. The van der Waals surface area contributed by atoms with E-state index < -0.39 is 0 Å². The lowest BCUT2D eigenvalue weighted by atomic mass is 10.1. The van der Waals surface area contributed by atoms with Crippen molar-refractivity contribution in [1.82, 2.24) is 15.5 Å². The number of nitrogens with zero attached hydrogens (tertiary/aromatic N) is 2. The highest BCUT2D eigenvalue weighted by Gasteiger charge is 2.23. The highest BCUT2D eigenvalue weighted by molar-refractivity contribution is 5.96. The zero-order valence-corrected chi connectivity index (χ0v) is 18.1. The number of para-hydroxylation sites is 1. The van der Waals surface area contributed by atoms with Crippen LogP contribution in [0.5, 0.6) is 5.75 Å². The van der Waals surface area contributed by atoms with Gasteiger partial charge < -0.3 is 25.4 Å². The Morgan fingerprint density at radius 3 is 2.60 bits per heavy atom. The van der Waals surface area contributed by atoms with E-state index >= 15 is 0 Å². The number of carbonyl (C=O) groups is 1. The van der Waals surface area contributed by atoms with E-state index in [9.17, 15) is 9.90 Å². The molecule has 0 aromatic heterocycles. The van der Waals surface area contributed by atoms with Gasteiger partial charge >= 0.3 is 0 Å². The van der Waals surface area contributed by atoms with Gasteiger partial charge in [0.05, 0.1) is 18.2 Å². The van der Waals surface area contributed by atoms with Crippen LogP contribution in [0.25, 0.3) is 0 Å². The van der Waals surface area contributed by atoms with Crippen LogP contribution in [-0.2, 0) is 4.74 Å². The molecular formula is C23H36N4O3. The predicted molar refractivity (Wildman–Crippen MR) is 119 cm³/mol. The van der Waals surface area contributed by atoms with Gasteiger partial charge in [-0.15, -0.1) is 0 Å². The van der Waals surface area contributed by atoms with Gasteiger partial charge in [0, 0.05) is 32.8 Å². The van der Waals surface area contributed by atoms with Crippen LogP contribution in [0.1, 0.15) is 55.8 Å². The van der Waals surface area contributed by atoms with Crippen molar-refractivity contribution >= 4 is 11.9 Å². The van der Waals surface area contributed by atoms with Crippen LogP contribution in [0.15, 0.2) is 29.3 Å². The lowest BCUT2D eigenvalue weighted by molar-refractivity contribution is 0.00101. The van der Waals surface area contributed by atoms with Crippen LogP contribution >= 0.6 is 0 Å². The molecule has 166 valence electrons. The van der Waals surface area contributed by atoms with Crippen LogP contribution < -0.4 is 10.6 Å². The predicted octanol–water partition coefficient (Wildman–Crippen LogP) is 2.76. The first-order chi connectivity index (χ1) is 14.7. The molecule has 1 saturated heterocycles. The quantitative estimate of drug-likeness (QED) is 0.345. The second kappa shape index (κ2) is 11.8. The number of nitrogens with one attached hydrogen (secondary N) is 2. The molecule has 3 rings (SSSR count). The number of phenols is 1. The van der Waals surface area contributed by atoms with E-state index in [1.54, 1.807) is 18.2 Å². The molecule has 1 heterocycles. The molecule has 3 N–H and O–H groups in total. The normalized spacial score (nSPS) is 18.6. The molecule has 1 aromatic rings. The molecule has 2 aliphatic rings. The van der Waals surface area contributed by atoms with E-state index in [1.807, 2.05) is 0 Å². The third kappa shape index (κ3) is 6.62. The Morgan fingerprint density at radius 1 is 1.17 bits per heavy atom. The highest BCUT2D eigenvalue weighted by Crippen LogP contribution is 2.26. The molecule has 1 amide bonds. The summed E-state index contributed by atoms with van der Waals surface area (Å²) in [7, 11) is 0. The number of aromatic hydroxyl groups is 1. The average molecular weight is 417 g/mol. The van der Waals surface area contributed by atoms with Gasteiger partial charge in [0.2, 0.25) is 0 Å². The van der Waals surface area contributed by atoms with E-state index in [-0.39, 0.29) is 17.2 Å². The lowest BCUT2D eigenvalue weighted by Gasteiger charge is -2.34. The second-order valence-electron chi connectivity index (χ2n) is 8.18. The fourth-order valence-electron chi connectivity index (χ4n) is 4.20. The maximum Gasteiger partial charge on any atom is 0.255 e. The van der Waals surface area contributed by atoms with E-state index in [2.05, 4.69) is 27.4 Å². The minimum absolute atomic E-state index is 0.00939. The van der Waals surface area contributed by atoms with E-state index in [4.69, 9.17) is 4.74 Å². The SMILES string of the molecule is CCNC(=NCCNC(=O)c1ccccc1O)N1CCC(OCC2CCCC2)CC1. The van der Waals surface area contributed by atoms with E-state index in [0.717, 1.165) is 51.0 Å². The monoisotopic (exact) mass is 416 g/mol. The van der Waals surface area contributed by atoms with E-state index in [1.165, 1.54) is 31.7 Å². The Kier molecular flexibility index (Phi) is 8.81. The van der Waals surface area contributed by atoms with Crippen LogP contribution in [-0.4, -0.2) is 67.3 Å². The van der Waals surface area contributed by atoms with Crippen molar-refractivity contribution in [1.29, 1.82) is 0 Å². The smallest absolute Gasteiger partial charge is 0.255 e. The van der Waals surface area contributed by atoms with Crippen LogP contribution in [0, 0.1) is 5.92 Å². The number of benzene rings is 1. The van der Waals surface area contributed by atoms with Gasteiger partial charge in [0.1, 0.15) is 5.75 Å². The summed E-state index contributed by atoms with van der Waals surface area (Å²) in [5.41, 5.74) is 0.285. The van der Waals surface area contributed by atoms with Gasteiger partial charge in [-0.25, -0.2) is 0 Å². The number of carbonyl (C=O) groups excluding carboxylic acids is 1. The van der Waals surface area contributed by atoms with Gasteiger partial charge in [-0.2, -0.15) is 0 Å². The molecule has 0 unspecified atom stereocenters. The Morgan fingerprint density at radius 2 is 1.90 bits per heavy atom. The molecule has 7 nitrogen and oxygen atoms in total. The van der Waals surface area contributed by atoms with Crippen molar-refractivity contribution in [2.45, 2.75) is 51.6 Å². The zero-order chi connectivity index (χ0) is 21.2. The number of rotatable bonds is 8. The van der Waals surface area contributed by atoms with Crippen molar-refractivity contribution in [3.8, 4) is 5.75 Å². The number of guanidine groups is 1.